The number of ether oxygens (including phenoxy) is 3. The highest BCUT2D eigenvalue weighted by Crippen LogP contribution is 2.27. The molecule has 0 radical (unpaired) electrons. The third-order valence-corrected chi connectivity index (χ3v) is 6.83. The van der Waals surface area contributed by atoms with E-state index in [9.17, 15) is 49.8 Å². The molecule has 0 aromatic carbocycles. The summed E-state index contributed by atoms with van der Waals surface area (Å²) in [5.74, 6) is -1.20. The Bertz CT molecular complexity index is 1420. The molecule has 31 heteroatoms. The van der Waals surface area contributed by atoms with Gasteiger partial charge in [-0.15, -0.1) is 0 Å². The molecule has 1 aromatic rings. The van der Waals surface area contributed by atoms with E-state index < -0.39 is 123 Å². The van der Waals surface area contributed by atoms with Gasteiger partial charge in [-0.3, -0.25) is 25.4 Å². The maximum absolute atomic E-state index is 11.5. The molecule has 4 rings (SSSR count). The molecular formula is C24H52N12O19+2. The van der Waals surface area contributed by atoms with Crippen molar-refractivity contribution in [3.8, 4) is 0 Å². The Labute approximate surface area is 308 Å². The quantitative estimate of drug-likeness (QED) is 0.0526. The van der Waals surface area contributed by atoms with E-state index in [2.05, 4.69) is 25.6 Å². The topological polar surface area (TPSA) is 569 Å². The van der Waals surface area contributed by atoms with Gasteiger partial charge in [0, 0.05) is 0 Å². The summed E-state index contributed by atoms with van der Waals surface area (Å²) in [5.41, 5.74) is 14.4. The molecule has 55 heavy (non-hydrogen) atoms. The number of aliphatic hydroxyl groups is 9. The fourth-order valence-corrected chi connectivity index (χ4v) is 4.32. The number of nitrogens with one attached hydrogen (secondary N) is 5. The van der Waals surface area contributed by atoms with Crippen LogP contribution in [0, 0.1) is 5.41 Å². The van der Waals surface area contributed by atoms with Crippen molar-refractivity contribution in [2.75, 3.05) is 25.6 Å². The third kappa shape index (κ3) is 15.1. The molecule has 0 bridgehead atoms. The van der Waals surface area contributed by atoms with Crippen molar-refractivity contribution in [2.24, 2.45) is 16.5 Å². The lowest BCUT2D eigenvalue weighted by molar-refractivity contribution is -0.108. The van der Waals surface area contributed by atoms with Gasteiger partial charge >= 0.3 is 17.8 Å². The number of nitrogens with zero attached hydrogens (tertiary/aromatic N) is 4. The van der Waals surface area contributed by atoms with Crippen LogP contribution < -0.4 is 44.2 Å². The molecule has 3 aliphatic rings. The van der Waals surface area contributed by atoms with Crippen molar-refractivity contribution < 1.29 is 91.0 Å². The van der Waals surface area contributed by atoms with Gasteiger partial charge in [-0.2, -0.15) is 9.98 Å². The van der Waals surface area contributed by atoms with Gasteiger partial charge in [-0.25, -0.2) is 19.4 Å². The van der Waals surface area contributed by atoms with E-state index in [-0.39, 0.29) is 36.2 Å². The largest absolute Gasteiger partial charge is 0.457 e. The molecular weight excluding hydrogens is 760 g/mol. The van der Waals surface area contributed by atoms with Crippen molar-refractivity contribution in [3.63, 3.8) is 0 Å². The number of aromatic nitrogens is 3. The van der Waals surface area contributed by atoms with Crippen LogP contribution in [0.15, 0.2) is 16.1 Å². The van der Waals surface area contributed by atoms with Crippen LogP contribution in [0.25, 0.3) is 0 Å². The number of nitrogens with two attached hydrogens (primary N) is 3. The smallest absolute Gasteiger partial charge is 0.354 e. The number of carbonyl (C=O) groups excluding carboxylic acids is 3. The van der Waals surface area contributed by atoms with Crippen LogP contribution >= 0.6 is 0 Å². The van der Waals surface area contributed by atoms with Crippen LogP contribution in [-0.2, 0) is 30.0 Å². The maximum atomic E-state index is 11.5. The van der Waals surface area contributed by atoms with Crippen molar-refractivity contribution in [2.45, 2.75) is 81.0 Å². The number of carbonyl (C=O) groups is 3. The highest BCUT2D eigenvalue weighted by molar-refractivity contribution is 5.98. The van der Waals surface area contributed by atoms with Crippen molar-refractivity contribution in [1.29, 1.82) is 5.41 Å². The number of aliphatic imine (C=N–C) groups is 1. The highest BCUT2D eigenvalue weighted by atomic mass is 16.6. The van der Waals surface area contributed by atoms with Crippen molar-refractivity contribution >= 4 is 36.3 Å². The lowest BCUT2D eigenvalue weighted by Crippen LogP contribution is -2.51. The van der Waals surface area contributed by atoms with Crippen molar-refractivity contribution in [3.05, 3.63) is 16.8 Å². The number of anilines is 1. The minimum Gasteiger partial charge on any atom is -0.457 e. The molecule has 1 aromatic heterocycles. The van der Waals surface area contributed by atoms with E-state index in [1.54, 1.807) is 0 Å². The maximum Gasteiger partial charge on any atom is 0.354 e. The second kappa shape index (κ2) is 25.3. The molecule has 320 valence electrons. The van der Waals surface area contributed by atoms with Crippen LogP contribution in [0.2, 0.25) is 0 Å². The van der Waals surface area contributed by atoms with Gasteiger partial charge in [0.2, 0.25) is 18.3 Å². The van der Waals surface area contributed by atoms with E-state index in [0.29, 0.717) is 0 Å². The number of nitrogen functional groups attached to an aromatic ring is 1. The van der Waals surface area contributed by atoms with Crippen LogP contribution in [0.3, 0.4) is 0 Å². The fourth-order valence-electron chi connectivity index (χ4n) is 4.32. The first-order valence-corrected chi connectivity index (χ1v) is 14.3. The Morgan fingerprint density at radius 3 is 1.71 bits per heavy atom. The summed E-state index contributed by atoms with van der Waals surface area (Å²) in [5, 5.41) is 98.5. The Morgan fingerprint density at radius 1 is 0.855 bits per heavy atom. The number of urea groups is 2. The number of amides is 5. The Hall–Kier alpha value is -4.84. The zero-order chi connectivity index (χ0) is 38.6. The molecule has 0 saturated carbocycles. The first-order chi connectivity index (χ1) is 24.0. The summed E-state index contributed by atoms with van der Waals surface area (Å²) >= 11 is 0. The summed E-state index contributed by atoms with van der Waals surface area (Å²) in [6.07, 6.45) is -13.2. The normalized spacial score (nSPS) is 29.9. The van der Waals surface area contributed by atoms with Gasteiger partial charge in [0.1, 0.15) is 61.3 Å². The standard InChI is InChI=1S/C8H14N4O6.C8H12N4O5.C7H14N4O5.CH4.3H2O/c9-7(10-2-14)12-8(17)11-6-5(16)4(15)3(1-13)18-6;9-7-10-2-12(8(16)11-7)6-5(15)4(14)3(1-13)17-6;8-6(9)11-7(15)10-5-4(14)3(13)2(1-12)16-5;;;;/h2-6,13,15-16H,1H2,(H4,9,10,11,12,14,17);2-6,13-15H,1H2,(H2,9,11,16);2-5,12-14H,1H2,(H5,8,9,10,11,15);1H4;3*1H2/p+2/t2*3-,4+,5?,6-;2-,3+,4?,5-;;;;/m111..../s1. The molecule has 5 amide bonds. The lowest BCUT2D eigenvalue weighted by atomic mass is 10.1. The number of hydrogen-bond acceptors (Lipinski definition) is 20. The average molecular weight is 813 g/mol. The summed E-state index contributed by atoms with van der Waals surface area (Å²) < 4.78 is 16.0. The van der Waals surface area contributed by atoms with Gasteiger partial charge in [-0.05, 0) is 0 Å². The Kier molecular flexibility index (Phi) is 25.1. The van der Waals surface area contributed by atoms with Gasteiger partial charge in [0.05, 0.1) is 19.8 Å². The van der Waals surface area contributed by atoms with E-state index in [4.69, 9.17) is 52.1 Å². The monoisotopic (exact) mass is 812 g/mol. The highest BCUT2D eigenvalue weighted by Gasteiger charge is 2.45. The van der Waals surface area contributed by atoms with Crippen molar-refractivity contribution in [1.82, 2.24) is 35.8 Å². The molecule has 3 unspecified atom stereocenters. The molecule has 4 heterocycles. The van der Waals surface area contributed by atoms with Crippen LogP contribution in [0.1, 0.15) is 13.7 Å². The molecule has 0 spiro atoms. The number of guanidine groups is 2. The third-order valence-electron chi connectivity index (χ3n) is 6.83. The molecule has 3 saturated heterocycles. The molecule has 3 fully saturated rings. The Morgan fingerprint density at radius 2 is 1.31 bits per heavy atom. The summed E-state index contributed by atoms with van der Waals surface area (Å²) in [7, 11) is 0. The SMILES string of the molecule is C.N=C(NC=O)NC(=O)N[C@@H]1O[C@H](CO)[C@H](O)C1O.NC(N)=NC(=O)N[C@@H]1O[C@H](CO)[C@H](O)C1O.Nc1ncn([C@@H]2O[C@H](CO)[C@H](O)C2O)c(=O)n1.O.[OH3+].[OH3+]. The van der Waals surface area contributed by atoms with Gasteiger partial charge in [0.15, 0.2) is 24.6 Å². The lowest BCUT2D eigenvalue weighted by Gasteiger charge is -2.16. The molecule has 12 atom stereocenters. The molecule has 0 aliphatic carbocycles. The predicted octanol–water partition coefficient (Wildman–Crippen LogP) is -12.4. The minimum atomic E-state index is -1.40. The number of rotatable bonds is 7. The second-order valence-corrected chi connectivity index (χ2v) is 10.4. The molecule has 3 aliphatic heterocycles. The first kappa shape index (κ1) is 54.5. The van der Waals surface area contributed by atoms with E-state index in [0.717, 1.165) is 10.9 Å². The zero-order valence-electron chi connectivity index (χ0n) is 27.8. The van der Waals surface area contributed by atoms with Gasteiger partial charge in [0.25, 0.3) is 0 Å². The number of aliphatic hydroxyl groups excluding tert-OH is 9. The van der Waals surface area contributed by atoms with Gasteiger partial charge in [-0.1, -0.05) is 7.43 Å². The predicted molar refractivity (Wildman–Crippen MR) is 182 cm³/mol. The molecule has 28 N–H and O–H groups in total. The van der Waals surface area contributed by atoms with E-state index in [1.165, 1.54) is 0 Å². The van der Waals surface area contributed by atoms with E-state index >= 15 is 0 Å². The summed E-state index contributed by atoms with van der Waals surface area (Å²) in [6.45, 7) is -1.47. The van der Waals surface area contributed by atoms with Crippen LogP contribution in [0.5, 0.6) is 0 Å². The average Bonchev–Trinajstić information content (AvgIpc) is 3.62. The minimum absolute atomic E-state index is 0. The van der Waals surface area contributed by atoms with Crippen LogP contribution in [0.4, 0.5) is 15.5 Å². The number of hydrogen-bond donors (Lipinski definition) is 17. The Balaban J connectivity index is -0.000000713. The van der Waals surface area contributed by atoms with Crippen LogP contribution in [-0.4, -0.2) is 184 Å². The van der Waals surface area contributed by atoms with Gasteiger partial charge < -0.3 is 104 Å². The zero-order valence-corrected chi connectivity index (χ0v) is 27.8. The second-order valence-electron chi connectivity index (χ2n) is 10.4. The summed E-state index contributed by atoms with van der Waals surface area (Å²) in [6, 6.07) is -1.82. The molecule has 31 nitrogen and oxygen atoms in total. The fraction of sp³-hybridized carbons (Fsp3) is 0.667. The van der Waals surface area contributed by atoms with E-state index in [1.807, 2.05) is 10.6 Å². The summed E-state index contributed by atoms with van der Waals surface area (Å²) in [4.78, 5) is 53.9. The first-order valence-electron chi connectivity index (χ1n) is 14.3.